The van der Waals surface area contributed by atoms with Crippen molar-refractivity contribution in [2.24, 2.45) is 0 Å². The number of benzene rings is 2. The largest absolute Gasteiger partial charge is 0.497 e. The molecule has 0 unspecified atom stereocenters. The Labute approximate surface area is 169 Å². The molecule has 154 valence electrons. The zero-order valence-electron chi connectivity index (χ0n) is 18.0. The van der Waals surface area contributed by atoms with Gasteiger partial charge in [-0.25, -0.2) is 13.1 Å². The van der Waals surface area contributed by atoms with Crippen LogP contribution in [0.25, 0.3) is 0 Å². The molecular formula is C22H31NO4S. The predicted molar refractivity (Wildman–Crippen MR) is 113 cm³/mol. The molecule has 1 N–H and O–H groups in total. The van der Waals surface area contributed by atoms with Crippen LogP contribution in [0.4, 0.5) is 0 Å². The molecular weight excluding hydrogens is 374 g/mol. The Hall–Kier alpha value is -2.05. The zero-order valence-corrected chi connectivity index (χ0v) is 18.8. The van der Waals surface area contributed by atoms with Crippen molar-refractivity contribution in [1.82, 2.24) is 4.72 Å². The van der Waals surface area contributed by atoms with Gasteiger partial charge < -0.3 is 9.47 Å². The van der Waals surface area contributed by atoms with Gasteiger partial charge in [-0.2, -0.15) is 0 Å². The summed E-state index contributed by atoms with van der Waals surface area (Å²) in [4.78, 5) is 0.328. The summed E-state index contributed by atoms with van der Waals surface area (Å²) in [6, 6.07) is 8.76. The second-order valence-corrected chi connectivity index (χ2v) is 9.79. The molecule has 0 aliphatic heterocycles. The summed E-state index contributed by atoms with van der Waals surface area (Å²) in [6.45, 7) is 11.8. The molecule has 0 radical (unpaired) electrons. The van der Waals surface area contributed by atoms with E-state index in [1.165, 1.54) is 0 Å². The maximum absolute atomic E-state index is 13.2. The maximum atomic E-state index is 13.2. The minimum absolute atomic E-state index is 0.0491. The summed E-state index contributed by atoms with van der Waals surface area (Å²) in [5.74, 6) is 1.25. The van der Waals surface area contributed by atoms with Gasteiger partial charge in [-0.15, -0.1) is 0 Å². The molecule has 2 rings (SSSR count). The molecule has 1 atom stereocenters. The van der Waals surface area contributed by atoms with Crippen LogP contribution in [0.15, 0.2) is 35.2 Å². The topological polar surface area (TPSA) is 64.6 Å². The fraction of sp³-hybridized carbons (Fsp3) is 0.455. The van der Waals surface area contributed by atoms with Crippen LogP contribution in [0, 0.1) is 13.8 Å². The van der Waals surface area contributed by atoms with E-state index in [4.69, 9.17) is 9.47 Å². The van der Waals surface area contributed by atoms with Crippen molar-refractivity contribution in [2.75, 3.05) is 14.2 Å². The van der Waals surface area contributed by atoms with E-state index in [1.807, 2.05) is 26.0 Å². The molecule has 0 saturated heterocycles. The van der Waals surface area contributed by atoms with Crippen LogP contribution >= 0.6 is 0 Å². The summed E-state index contributed by atoms with van der Waals surface area (Å²) in [5, 5.41) is 0. The SMILES string of the molecule is COc1ccc(OC)c([C@@H](C)NS(=O)(=O)c2c(C)cc(C(C)(C)C)cc2C)c1. The zero-order chi connectivity index (χ0) is 21.3. The second kappa shape index (κ2) is 8.13. The molecule has 0 fully saturated rings. The number of nitrogens with one attached hydrogen (secondary N) is 1. The van der Waals surface area contributed by atoms with Crippen molar-refractivity contribution in [2.45, 2.75) is 57.9 Å². The van der Waals surface area contributed by atoms with Crippen molar-refractivity contribution < 1.29 is 17.9 Å². The number of ether oxygens (including phenoxy) is 2. The smallest absolute Gasteiger partial charge is 0.241 e. The van der Waals surface area contributed by atoms with E-state index in [2.05, 4.69) is 25.5 Å². The number of aryl methyl sites for hydroxylation is 2. The Bertz CT molecular complexity index is 936. The highest BCUT2D eigenvalue weighted by Crippen LogP contribution is 2.32. The van der Waals surface area contributed by atoms with E-state index in [-0.39, 0.29) is 5.41 Å². The number of sulfonamides is 1. The van der Waals surface area contributed by atoms with E-state index in [9.17, 15) is 8.42 Å². The Kier molecular flexibility index (Phi) is 6.46. The lowest BCUT2D eigenvalue weighted by Gasteiger charge is -2.23. The first-order valence-corrected chi connectivity index (χ1v) is 10.7. The van der Waals surface area contributed by atoms with E-state index in [0.717, 1.165) is 16.7 Å². The minimum atomic E-state index is -3.72. The molecule has 28 heavy (non-hydrogen) atoms. The normalized spacial score (nSPS) is 13.3. The van der Waals surface area contributed by atoms with Crippen LogP contribution in [-0.2, 0) is 15.4 Å². The Morgan fingerprint density at radius 2 is 1.54 bits per heavy atom. The predicted octanol–water partition coefficient (Wildman–Crippen LogP) is 4.66. The van der Waals surface area contributed by atoms with Gasteiger partial charge in [0, 0.05) is 11.6 Å². The van der Waals surface area contributed by atoms with Gasteiger partial charge in [0.1, 0.15) is 11.5 Å². The van der Waals surface area contributed by atoms with Crippen LogP contribution < -0.4 is 14.2 Å². The standard InChI is InChI=1S/C22H31NO4S/c1-14-11-17(22(4,5)6)12-15(2)21(14)28(24,25)23-16(3)19-13-18(26-7)9-10-20(19)27-8/h9-13,16,23H,1-8H3/t16-/m1/s1. The van der Waals surface area contributed by atoms with E-state index >= 15 is 0 Å². The van der Waals surface area contributed by atoms with Gasteiger partial charge in [0.25, 0.3) is 0 Å². The van der Waals surface area contributed by atoms with Gasteiger partial charge in [0.15, 0.2) is 0 Å². The molecule has 0 aliphatic carbocycles. The third-order valence-electron chi connectivity index (χ3n) is 4.83. The third-order valence-corrected chi connectivity index (χ3v) is 6.68. The van der Waals surface area contributed by atoms with Crippen LogP contribution in [0.2, 0.25) is 0 Å². The first-order valence-electron chi connectivity index (χ1n) is 9.26. The highest BCUT2D eigenvalue weighted by Gasteiger charge is 2.26. The molecule has 0 amide bonds. The molecule has 0 heterocycles. The van der Waals surface area contributed by atoms with E-state index in [0.29, 0.717) is 22.0 Å². The molecule has 6 heteroatoms. The Morgan fingerprint density at radius 3 is 2.00 bits per heavy atom. The van der Waals surface area contributed by atoms with E-state index < -0.39 is 16.1 Å². The summed E-state index contributed by atoms with van der Waals surface area (Å²) in [5.41, 5.74) is 3.26. The second-order valence-electron chi connectivity index (χ2n) is 8.14. The number of rotatable bonds is 6. The van der Waals surface area contributed by atoms with Gasteiger partial charge in [-0.05, 0) is 61.1 Å². The van der Waals surface area contributed by atoms with Gasteiger partial charge in [0.2, 0.25) is 10.0 Å². The summed E-state index contributed by atoms with van der Waals surface area (Å²) in [7, 11) is -0.587. The molecule has 2 aromatic carbocycles. The van der Waals surface area contributed by atoms with Crippen molar-refractivity contribution in [1.29, 1.82) is 0 Å². The number of hydrogen-bond donors (Lipinski definition) is 1. The van der Waals surface area contributed by atoms with Crippen LogP contribution in [0.3, 0.4) is 0 Å². The summed E-state index contributed by atoms with van der Waals surface area (Å²) < 4.78 is 39.8. The highest BCUT2D eigenvalue weighted by molar-refractivity contribution is 7.89. The lowest BCUT2D eigenvalue weighted by Crippen LogP contribution is -2.28. The molecule has 0 spiro atoms. The van der Waals surface area contributed by atoms with Crippen molar-refractivity contribution in [3.05, 3.63) is 52.6 Å². The molecule has 2 aromatic rings. The van der Waals surface area contributed by atoms with Crippen molar-refractivity contribution in [3.8, 4) is 11.5 Å². The average Bonchev–Trinajstić information content (AvgIpc) is 2.58. The van der Waals surface area contributed by atoms with Gasteiger partial charge in [-0.1, -0.05) is 32.9 Å². The van der Waals surface area contributed by atoms with Gasteiger partial charge in [0.05, 0.1) is 19.1 Å². The fourth-order valence-electron chi connectivity index (χ4n) is 3.34. The van der Waals surface area contributed by atoms with Crippen molar-refractivity contribution >= 4 is 10.0 Å². The third kappa shape index (κ3) is 4.67. The highest BCUT2D eigenvalue weighted by atomic mass is 32.2. The molecule has 0 bridgehead atoms. The fourth-order valence-corrected chi connectivity index (χ4v) is 5.02. The maximum Gasteiger partial charge on any atom is 0.241 e. The lowest BCUT2D eigenvalue weighted by molar-refractivity contribution is 0.395. The number of methoxy groups -OCH3 is 2. The van der Waals surface area contributed by atoms with Gasteiger partial charge in [-0.3, -0.25) is 0 Å². The van der Waals surface area contributed by atoms with Crippen LogP contribution in [0.5, 0.6) is 11.5 Å². The number of hydrogen-bond acceptors (Lipinski definition) is 4. The first-order chi connectivity index (χ1) is 12.9. The summed E-state index contributed by atoms with van der Waals surface area (Å²) in [6.07, 6.45) is 0. The minimum Gasteiger partial charge on any atom is -0.497 e. The first kappa shape index (κ1) is 22.2. The van der Waals surface area contributed by atoms with E-state index in [1.54, 1.807) is 39.3 Å². The Balaban J connectivity index is 2.44. The molecule has 0 aromatic heterocycles. The monoisotopic (exact) mass is 405 g/mol. The van der Waals surface area contributed by atoms with Crippen molar-refractivity contribution in [3.63, 3.8) is 0 Å². The lowest BCUT2D eigenvalue weighted by atomic mass is 9.85. The summed E-state index contributed by atoms with van der Waals surface area (Å²) >= 11 is 0. The average molecular weight is 406 g/mol. The van der Waals surface area contributed by atoms with Gasteiger partial charge >= 0.3 is 0 Å². The Morgan fingerprint density at radius 1 is 0.964 bits per heavy atom. The molecule has 0 saturated carbocycles. The van der Waals surface area contributed by atoms with Crippen LogP contribution in [-0.4, -0.2) is 22.6 Å². The quantitative estimate of drug-likeness (QED) is 0.759. The van der Waals surface area contributed by atoms with Crippen LogP contribution in [0.1, 0.15) is 56.0 Å². The molecule has 0 aliphatic rings. The molecule has 5 nitrogen and oxygen atoms in total.